The first kappa shape index (κ1) is 22.6. The van der Waals surface area contributed by atoms with Crippen molar-refractivity contribution in [2.45, 2.75) is 26.7 Å². The number of ether oxygens (including phenoxy) is 1. The van der Waals surface area contributed by atoms with Gasteiger partial charge < -0.3 is 14.5 Å². The number of likely N-dealkylation sites (tertiary alicyclic amines) is 1. The molecule has 6 heteroatoms. The van der Waals surface area contributed by atoms with E-state index >= 15 is 0 Å². The molecule has 0 bridgehead atoms. The summed E-state index contributed by atoms with van der Waals surface area (Å²) in [6, 6.07) is 11.6. The van der Waals surface area contributed by atoms with Crippen molar-refractivity contribution in [2.24, 2.45) is 11.8 Å². The molecule has 2 fully saturated rings. The zero-order valence-corrected chi connectivity index (χ0v) is 19.5. The number of fused-ring (bicyclic) bond motifs is 1. The Balaban J connectivity index is 1.44. The Bertz CT molecular complexity index is 966. The van der Waals surface area contributed by atoms with Gasteiger partial charge in [0.25, 0.3) is 5.91 Å². The second-order valence-corrected chi connectivity index (χ2v) is 9.47. The van der Waals surface area contributed by atoms with Gasteiger partial charge in [0.05, 0.1) is 13.0 Å². The summed E-state index contributed by atoms with van der Waals surface area (Å²) < 4.78 is 5.47. The lowest BCUT2D eigenvalue weighted by molar-refractivity contribution is -0.138. The predicted octanol–water partition coefficient (Wildman–Crippen LogP) is 3.50. The molecule has 0 saturated carbocycles. The molecule has 1 atom stereocenters. The summed E-state index contributed by atoms with van der Waals surface area (Å²) in [4.78, 5) is 33.0. The van der Waals surface area contributed by atoms with Crippen LogP contribution in [0.5, 0.6) is 5.75 Å². The molecule has 2 saturated heterocycles. The minimum absolute atomic E-state index is 0.00288. The molecule has 4 rings (SSSR count). The molecule has 32 heavy (non-hydrogen) atoms. The van der Waals surface area contributed by atoms with E-state index in [1.54, 1.807) is 7.11 Å². The first-order valence-electron chi connectivity index (χ1n) is 11.8. The van der Waals surface area contributed by atoms with Crippen molar-refractivity contribution in [3.63, 3.8) is 0 Å². The third-order valence-electron chi connectivity index (χ3n) is 6.70. The Morgan fingerprint density at radius 3 is 2.38 bits per heavy atom. The lowest BCUT2D eigenvalue weighted by Gasteiger charge is -2.39. The van der Waals surface area contributed by atoms with Gasteiger partial charge in [0.1, 0.15) is 5.75 Å². The minimum atomic E-state index is -0.103. The first-order chi connectivity index (χ1) is 15.5. The van der Waals surface area contributed by atoms with Gasteiger partial charge in [0, 0.05) is 56.8 Å². The zero-order valence-electron chi connectivity index (χ0n) is 19.5. The highest BCUT2D eigenvalue weighted by Gasteiger charge is 2.33. The summed E-state index contributed by atoms with van der Waals surface area (Å²) in [6.07, 6.45) is 1.72. The molecule has 2 amide bonds. The molecule has 2 heterocycles. The monoisotopic (exact) mass is 437 g/mol. The Morgan fingerprint density at radius 2 is 1.69 bits per heavy atom. The third kappa shape index (κ3) is 4.75. The number of benzene rings is 2. The quantitative estimate of drug-likeness (QED) is 0.719. The minimum Gasteiger partial charge on any atom is -0.496 e. The highest BCUT2D eigenvalue weighted by atomic mass is 16.5. The van der Waals surface area contributed by atoms with Crippen molar-refractivity contribution in [3.05, 3.63) is 42.0 Å². The average Bonchev–Trinajstić information content (AvgIpc) is 2.82. The largest absolute Gasteiger partial charge is 0.496 e. The third-order valence-corrected chi connectivity index (χ3v) is 6.70. The molecule has 2 aromatic carbocycles. The molecule has 0 aliphatic carbocycles. The fourth-order valence-corrected chi connectivity index (χ4v) is 5.09. The van der Waals surface area contributed by atoms with Crippen LogP contribution in [0, 0.1) is 11.8 Å². The van der Waals surface area contributed by atoms with Gasteiger partial charge in [-0.25, -0.2) is 0 Å². The summed E-state index contributed by atoms with van der Waals surface area (Å²) in [5, 5.41) is 1.83. The number of carbonyl (C=O) groups is 2. The second kappa shape index (κ2) is 9.90. The topological polar surface area (TPSA) is 53.1 Å². The molecule has 6 nitrogen and oxygen atoms in total. The Morgan fingerprint density at radius 1 is 0.969 bits per heavy atom. The van der Waals surface area contributed by atoms with Crippen LogP contribution in [0.15, 0.2) is 36.4 Å². The number of piperazine rings is 1. The van der Waals surface area contributed by atoms with E-state index in [0.29, 0.717) is 24.6 Å². The normalized spacial score (nSPS) is 20.1. The first-order valence-corrected chi connectivity index (χ1v) is 11.8. The maximum Gasteiger partial charge on any atom is 0.254 e. The van der Waals surface area contributed by atoms with Gasteiger partial charge in [0.15, 0.2) is 0 Å². The van der Waals surface area contributed by atoms with Crippen LogP contribution >= 0.6 is 0 Å². The molecular weight excluding hydrogens is 402 g/mol. The van der Waals surface area contributed by atoms with Crippen molar-refractivity contribution in [3.8, 4) is 5.75 Å². The molecular formula is C26H35N3O3. The van der Waals surface area contributed by atoms with Gasteiger partial charge in [-0.05, 0) is 36.3 Å². The molecule has 1 unspecified atom stereocenters. The number of piperidine rings is 1. The molecule has 2 aliphatic rings. The van der Waals surface area contributed by atoms with Crippen LogP contribution in [0.2, 0.25) is 0 Å². The van der Waals surface area contributed by atoms with Gasteiger partial charge in [-0.2, -0.15) is 0 Å². The molecule has 0 N–H and O–H groups in total. The smallest absolute Gasteiger partial charge is 0.254 e. The van der Waals surface area contributed by atoms with E-state index in [-0.39, 0.29) is 17.7 Å². The Labute approximate surface area is 191 Å². The van der Waals surface area contributed by atoms with Gasteiger partial charge in [-0.1, -0.05) is 38.1 Å². The van der Waals surface area contributed by atoms with Crippen LogP contribution in [0.25, 0.3) is 10.8 Å². The van der Waals surface area contributed by atoms with E-state index in [2.05, 4.69) is 18.7 Å². The molecule has 172 valence electrons. The van der Waals surface area contributed by atoms with Crippen LogP contribution in [-0.4, -0.2) is 79.4 Å². The number of carbonyl (C=O) groups excluding carboxylic acids is 2. The summed E-state index contributed by atoms with van der Waals surface area (Å²) >= 11 is 0. The van der Waals surface area contributed by atoms with Crippen molar-refractivity contribution in [1.29, 1.82) is 0 Å². The number of methoxy groups -OCH3 is 1. The van der Waals surface area contributed by atoms with Crippen LogP contribution < -0.4 is 4.74 Å². The summed E-state index contributed by atoms with van der Waals surface area (Å²) in [7, 11) is 1.65. The SMILES string of the molecule is COc1ccc(C(=O)N2CCCC(C(=O)N3CCN(CC(C)C)CC3)C2)c2ccccc12. The van der Waals surface area contributed by atoms with Crippen molar-refractivity contribution in [2.75, 3.05) is 52.9 Å². The van der Waals surface area contributed by atoms with E-state index in [0.717, 1.165) is 62.1 Å². The van der Waals surface area contributed by atoms with Crippen molar-refractivity contribution >= 4 is 22.6 Å². The summed E-state index contributed by atoms with van der Waals surface area (Å²) in [5.74, 6) is 1.52. The van der Waals surface area contributed by atoms with E-state index in [4.69, 9.17) is 4.74 Å². The number of rotatable bonds is 5. The van der Waals surface area contributed by atoms with Gasteiger partial charge >= 0.3 is 0 Å². The van der Waals surface area contributed by atoms with Crippen LogP contribution in [-0.2, 0) is 4.79 Å². The lowest BCUT2D eigenvalue weighted by atomic mass is 9.94. The molecule has 2 aromatic rings. The molecule has 0 aromatic heterocycles. The van der Waals surface area contributed by atoms with Gasteiger partial charge in [-0.15, -0.1) is 0 Å². The standard InChI is InChI=1S/C26H35N3O3/c1-19(2)17-27-13-15-28(16-14-27)25(30)20-7-6-12-29(18-20)26(31)23-10-11-24(32-3)22-9-5-4-8-21(22)23/h4-5,8-11,19-20H,6-7,12-18H2,1-3H3. The van der Waals surface area contributed by atoms with Crippen LogP contribution in [0.4, 0.5) is 0 Å². The van der Waals surface area contributed by atoms with Gasteiger partial charge in [0.2, 0.25) is 5.91 Å². The van der Waals surface area contributed by atoms with Gasteiger partial charge in [-0.3, -0.25) is 14.5 Å². The fraction of sp³-hybridized carbons (Fsp3) is 0.538. The Kier molecular flexibility index (Phi) is 6.99. The lowest BCUT2D eigenvalue weighted by Crippen LogP contribution is -2.53. The molecule has 0 spiro atoms. The summed E-state index contributed by atoms with van der Waals surface area (Å²) in [6.45, 7) is 10.2. The van der Waals surface area contributed by atoms with E-state index in [9.17, 15) is 9.59 Å². The maximum absolute atomic E-state index is 13.5. The van der Waals surface area contributed by atoms with Crippen molar-refractivity contribution in [1.82, 2.24) is 14.7 Å². The van der Waals surface area contributed by atoms with E-state index in [1.807, 2.05) is 46.2 Å². The number of hydrogen-bond donors (Lipinski definition) is 0. The average molecular weight is 438 g/mol. The number of hydrogen-bond acceptors (Lipinski definition) is 4. The predicted molar refractivity (Wildman–Crippen MR) is 127 cm³/mol. The molecule has 2 aliphatic heterocycles. The molecule has 0 radical (unpaired) electrons. The van der Waals surface area contributed by atoms with Crippen LogP contribution in [0.1, 0.15) is 37.0 Å². The highest BCUT2D eigenvalue weighted by molar-refractivity contribution is 6.08. The summed E-state index contributed by atoms with van der Waals surface area (Å²) in [5.41, 5.74) is 0.678. The highest BCUT2D eigenvalue weighted by Crippen LogP contribution is 2.30. The van der Waals surface area contributed by atoms with Crippen LogP contribution in [0.3, 0.4) is 0 Å². The van der Waals surface area contributed by atoms with Crippen molar-refractivity contribution < 1.29 is 14.3 Å². The second-order valence-electron chi connectivity index (χ2n) is 9.47. The Hall–Kier alpha value is -2.60. The van der Waals surface area contributed by atoms with E-state index in [1.165, 1.54) is 0 Å². The zero-order chi connectivity index (χ0) is 22.7. The maximum atomic E-state index is 13.5. The number of amides is 2. The van der Waals surface area contributed by atoms with E-state index < -0.39 is 0 Å². The number of nitrogens with zero attached hydrogens (tertiary/aromatic N) is 3. The fourth-order valence-electron chi connectivity index (χ4n) is 5.09.